The highest BCUT2D eigenvalue weighted by atomic mass is 32.1. The number of thiazole rings is 1. The fraction of sp³-hybridized carbons (Fsp3) is 0.421. The van der Waals surface area contributed by atoms with Crippen LogP contribution in [0.1, 0.15) is 59.9 Å². The van der Waals surface area contributed by atoms with Gasteiger partial charge in [0.2, 0.25) is 0 Å². The molecule has 25 heavy (non-hydrogen) atoms. The van der Waals surface area contributed by atoms with E-state index in [0.717, 1.165) is 28.2 Å². The number of rotatable bonds is 5. The topological polar surface area (TPSA) is 68.0 Å². The third-order valence-electron chi connectivity index (χ3n) is 3.79. The number of amides is 1. The molecule has 0 saturated carbocycles. The van der Waals surface area contributed by atoms with Gasteiger partial charge in [0.1, 0.15) is 10.4 Å². The van der Waals surface area contributed by atoms with E-state index < -0.39 is 0 Å². The Hall–Kier alpha value is -2.21. The third-order valence-corrected chi connectivity index (χ3v) is 4.96. The minimum atomic E-state index is -0.128. The van der Waals surface area contributed by atoms with Gasteiger partial charge in [0.05, 0.1) is 10.7 Å². The Morgan fingerprint density at radius 3 is 2.68 bits per heavy atom. The van der Waals surface area contributed by atoms with Crippen molar-refractivity contribution in [1.29, 1.82) is 0 Å². The zero-order valence-corrected chi connectivity index (χ0v) is 16.0. The summed E-state index contributed by atoms with van der Waals surface area (Å²) >= 11 is 1.47. The molecule has 0 aliphatic rings. The molecule has 0 aliphatic carbocycles. The summed E-state index contributed by atoms with van der Waals surface area (Å²) in [5, 5.41) is 3.95. The first-order chi connectivity index (χ1) is 11.8. The van der Waals surface area contributed by atoms with Gasteiger partial charge < -0.3 is 9.73 Å². The normalized spacial score (nSPS) is 11.6. The highest BCUT2D eigenvalue weighted by Gasteiger charge is 2.17. The number of anilines is 1. The first-order valence-corrected chi connectivity index (χ1v) is 9.33. The van der Waals surface area contributed by atoms with Crippen molar-refractivity contribution < 1.29 is 9.21 Å². The zero-order chi connectivity index (χ0) is 18.1. The second kappa shape index (κ2) is 6.96. The Bertz CT molecular complexity index is 909. The summed E-state index contributed by atoms with van der Waals surface area (Å²) in [7, 11) is 0. The smallest absolute Gasteiger partial charge is 0.267 e. The van der Waals surface area contributed by atoms with Crippen LogP contribution in [-0.2, 0) is 6.42 Å². The van der Waals surface area contributed by atoms with Gasteiger partial charge in [0, 0.05) is 18.0 Å². The van der Waals surface area contributed by atoms with Crippen molar-refractivity contribution >= 4 is 34.0 Å². The standard InChI is InChI=1S/C19H23N3O2S/c1-10(2)8-16-20-12(5)17(25-16)18(23)21-13-6-7-15-14(9-13)22-19(24-15)11(3)4/h6-7,9-11H,8H2,1-5H3,(H,21,23). The highest BCUT2D eigenvalue weighted by molar-refractivity contribution is 7.13. The Balaban J connectivity index is 1.80. The monoisotopic (exact) mass is 357 g/mol. The lowest BCUT2D eigenvalue weighted by Crippen LogP contribution is -2.11. The summed E-state index contributed by atoms with van der Waals surface area (Å²) in [5.41, 5.74) is 2.97. The molecule has 3 aromatic rings. The van der Waals surface area contributed by atoms with Crippen LogP contribution in [-0.4, -0.2) is 15.9 Å². The number of oxazole rings is 1. The number of aromatic nitrogens is 2. The number of aryl methyl sites for hydroxylation is 1. The molecule has 0 atom stereocenters. The van der Waals surface area contributed by atoms with Crippen molar-refractivity contribution in [2.45, 2.75) is 47.0 Å². The van der Waals surface area contributed by atoms with Gasteiger partial charge in [0.15, 0.2) is 11.5 Å². The number of hydrogen-bond donors (Lipinski definition) is 1. The second-order valence-corrected chi connectivity index (χ2v) is 8.05. The van der Waals surface area contributed by atoms with Crippen LogP contribution >= 0.6 is 11.3 Å². The van der Waals surface area contributed by atoms with E-state index in [-0.39, 0.29) is 11.8 Å². The van der Waals surface area contributed by atoms with E-state index in [2.05, 4.69) is 29.1 Å². The molecule has 1 aromatic carbocycles. The van der Waals surface area contributed by atoms with Crippen LogP contribution in [0.15, 0.2) is 22.6 Å². The molecule has 132 valence electrons. The molecule has 0 bridgehead atoms. The van der Waals surface area contributed by atoms with Crippen molar-refractivity contribution in [3.05, 3.63) is 39.7 Å². The van der Waals surface area contributed by atoms with Crippen LogP contribution in [0.4, 0.5) is 5.69 Å². The van der Waals surface area contributed by atoms with Crippen LogP contribution in [0.3, 0.4) is 0 Å². The summed E-state index contributed by atoms with van der Waals surface area (Å²) in [4.78, 5) is 22.3. The highest BCUT2D eigenvalue weighted by Crippen LogP contribution is 2.25. The molecule has 0 radical (unpaired) electrons. The molecule has 0 spiro atoms. The van der Waals surface area contributed by atoms with Gasteiger partial charge >= 0.3 is 0 Å². The summed E-state index contributed by atoms with van der Waals surface area (Å²) < 4.78 is 5.70. The fourth-order valence-corrected chi connectivity index (χ4v) is 3.73. The minimum Gasteiger partial charge on any atom is -0.440 e. The maximum Gasteiger partial charge on any atom is 0.267 e. The second-order valence-electron chi connectivity index (χ2n) is 6.96. The predicted molar refractivity (Wildman–Crippen MR) is 101 cm³/mol. The van der Waals surface area contributed by atoms with Crippen LogP contribution in [0, 0.1) is 12.8 Å². The molecule has 0 unspecified atom stereocenters. The first kappa shape index (κ1) is 17.6. The van der Waals surface area contributed by atoms with E-state index in [9.17, 15) is 4.79 Å². The van der Waals surface area contributed by atoms with Crippen molar-refractivity contribution in [2.75, 3.05) is 5.32 Å². The summed E-state index contributed by atoms with van der Waals surface area (Å²) in [6.07, 6.45) is 0.891. The van der Waals surface area contributed by atoms with E-state index in [1.165, 1.54) is 11.3 Å². The van der Waals surface area contributed by atoms with Crippen molar-refractivity contribution in [2.24, 2.45) is 5.92 Å². The van der Waals surface area contributed by atoms with Crippen LogP contribution in [0.5, 0.6) is 0 Å². The lowest BCUT2D eigenvalue weighted by Gasteiger charge is -2.03. The minimum absolute atomic E-state index is 0.128. The zero-order valence-electron chi connectivity index (χ0n) is 15.2. The predicted octanol–water partition coefficient (Wildman–Crippen LogP) is 5.17. The lowest BCUT2D eigenvalue weighted by molar-refractivity contribution is 0.103. The number of nitrogens with zero attached hydrogens (tertiary/aromatic N) is 2. The Morgan fingerprint density at radius 1 is 1.24 bits per heavy atom. The molecule has 2 heterocycles. The Labute approximate surface area is 151 Å². The molecule has 0 fully saturated rings. The molecule has 1 N–H and O–H groups in total. The van der Waals surface area contributed by atoms with Gasteiger partial charge in [-0.1, -0.05) is 27.7 Å². The summed E-state index contributed by atoms with van der Waals surface area (Å²) in [5.74, 6) is 1.32. The fourth-order valence-electron chi connectivity index (χ4n) is 2.56. The first-order valence-electron chi connectivity index (χ1n) is 8.51. The Morgan fingerprint density at radius 2 is 2.00 bits per heavy atom. The van der Waals surface area contributed by atoms with E-state index in [0.29, 0.717) is 22.4 Å². The summed E-state index contributed by atoms with van der Waals surface area (Å²) in [6.45, 7) is 10.2. The van der Waals surface area contributed by atoms with Crippen LogP contribution in [0.2, 0.25) is 0 Å². The van der Waals surface area contributed by atoms with Gasteiger partial charge in [-0.05, 0) is 31.0 Å². The van der Waals surface area contributed by atoms with Crippen LogP contribution < -0.4 is 5.32 Å². The average molecular weight is 357 g/mol. The molecule has 0 saturated heterocycles. The van der Waals surface area contributed by atoms with Gasteiger partial charge in [-0.3, -0.25) is 4.79 Å². The molecule has 6 heteroatoms. The number of hydrogen-bond acceptors (Lipinski definition) is 5. The lowest BCUT2D eigenvalue weighted by atomic mass is 10.1. The molecular weight excluding hydrogens is 334 g/mol. The van der Waals surface area contributed by atoms with Crippen LogP contribution in [0.25, 0.3) is 11.1 Å². The molecular formula is C19H23N3O2S. The van der Waals surface area contributed by atoms with Crippen molar-refractivity contribution in [1.82, 2.24) is 9.97 Å². The van der Waals surface area contributed by atoms with Crippen molar-refractivity contribution in [3.8, 4) is 0 Å². The molecule has 2 aromatic heterocycles. The molecule has 1 amide bonds. The number of nitrogens with one attached hydrogen (secondary N) is 1. The largest absolute Gasteiger partial charge is 0.440 e. The number of carbonyl (C=O) groups is 1. The van der Waals surface area contributed by atoms with Gasteiger partial charge in [0.25, 0.3) is 5.91 Å². The maximum absolute atomic E-state index is 12.6. The van der Waals surface area contributed by atoms with E-state index in [4.69, 9.17) is 4.42 Å². The number of carbonyl (C=O) groups excluding carboxylic acids is 1. The third kappa shape index (κ3) is 3.90. The molecule has 0 aliphatic heterocycles. The molecule has 3 rings (SSSR count). The SMILES string of the molecule is Cc1nc(CC(C)C)sc1C(=O)Nc1ccc2oc(C(C)C)nc2c1. The molecule has 5 nitrogen and oxygen atoms in total. The number of benzene rings is 1. The maximum atomic E-state index is 12.6. The number of fused-ring (bicyclic) bond motifs is 1. The van der Waals surface area contributed by atoms with E-state index in [1.807, 2.05) is 39.0 Å². The van der Waals surface area contributed by atoms with Gasteiger partial charge in [-0.25, -0.2) is 9.97 Å². The Kier molecular flexibility index (Phi) is 4.90. The van der Waals surface area contributed by atoms with E-state index in [1.54, 1.807) is 0 Å². The average Bonchev–Trinajstić information content (AvgIpc) is 3.09. The van der Waals surface area contributed by atoms with Gasteiger partial charge in [-0.15, -0.1) is 11.3 Å². The van der Waals surface area contributed by atoms with Gasteiger partial charge in [-0.2, -0.15) is 0 Å². The quantitative estimate of drug-likeness (QED) is 0.684. The van der Waals surface area contributed by atoms with E-state index >= 15 is 0 Å². The summed E-state index contributed by atoms with van der Waals surface area (Å²) in [6, 6.07) is 5.52. The van der Waals surface area contributed by atoms with Crippen molar-refractivity contribution in [3.63, 3.8) is 0 Å².